The van der Waals surface area contributed by atoms with Crippen LogP contribution < -0.4 is 4.57 Å². The molecule has 1 aliphatic carbocycles. The van der Waals surface area contributed by atoms with E-state index in [9.17, 15) is 0 Å². The molecule has 0 amide bonds. The predicted octanol–water partition coefficient (Wildman–Crippen LogP) is 8.42. The Balaban J connectivity index is 1.71. The molecule has 0 saturated heterocycles. The van der Waals surface area contributed by atoms with E-state index < -0.39 is 0 Å². The van der Waals surface area contributed by atoms with E-state index in [1.807, 2.05) is 0 Å². The quantitative estimate of drug-likeness (QED) is 0.132. The van der Waals surface area contributed by atoms with Crippen molar-refractivity contribution in [2.75, 3.05) is 0 Å². The largest absolute Gasteiger partial charge is 0.307 e. The highest BCUT2D eigenvalue weighted by Crippen LogP contribution is 2.46. The number of nitrogens with zero attached hydrogens (tertiary/aromatic N) is 2. The second-order valence-corrected chi connectivity index (χ2v) is 12.0. The van der Waals surface area contributed by atoms with Gasteiger partial charge in [0.05, 0.1) is 27.3 Å². The van der Waals surface area contributed by atoms with Gasteiger partial charge in [0.2, 0.25) is 5.52 Å². The van der Waals surface area contributed by atoms with Gasteiger partial charge in [0.1, 0.15) is 7.05 Å². The van der Waals surface area contributed by atoms with Gasteiger partial charge < -0.3 is 4.40 Å². The van der Waals surface area contributed by atoms with Crippen LogP contribution in [0.15, 0.2) is 48.7 Å². The van der Waals surface area contributed by atoms with Gasteiger partial charge in [-0.05, 0) is 97.6 Å². The molecule has 1 aliphatic rings. The summed E-state index contributed by atoms with van der Waals surface area (Å²) in [6.07, 6.45) is 7.49. The normalized spacial score (nSPS) is 17.1. The summed E-state index contributed by atoms with van der Waals surface area (Å²) in [5, 5.41) is 6.98. The first kappa shape index (κ1) is 21.2. The fourth-order valence-electron chi connectivity index (χ4n) is 7.18. The summed E-state index contributed by atoms with van der Waals surface area (Å²) in [5.74, 6) is 0.654. The van der Waals surface area contributed by atoms with E-state index in [0.29, 0.717) is 11.3 Å². The van der Waals surface area contributed by atoms with Crippen LogP contribution in [0.3, 0.4) is 0 Å². The van der Waals surface area contributed by atoms with Gasteiger partial charge in [-0.3, -0.25) is 0 Å². The summed E-state index contributed by atoms with van der Waals surface area (Å²) < 4.78 is 4.96. The minimum Gasteiger partial charge on any atom is -0.307 e. The molecule has 35 heavy (non-hydrogen) atoms. The Morgan fingerprint density at radius 2 is 1.54 bits per heavy atom. The smallest absolute Gasteiger partial charge is 0.224 e. The SMILES string of the molecule is Cc1c(C)c2c3ccccc3n3c4cc(C5CCC(C)(C)CC5)cc5cc[n+](C)c(c(c1C)c23)c54. The zero-order valence-electron chi connectivity index (χ0n) is 21.9. The standard InChI is InChI=1S/C33H35N2/c1-19-20(2)28-25-9-7-8-10-26(25)35-27-18-24(22-11-14-33(4,5)15-12-22)17-23-13-16-34(6)31(30(23)27)29(21(19)3)32(28)35/h7-10,13,16-18,22H,11-12,14-15H2,1-6H3/q+1. The number of hydrogen-bond acceptors (Lipinski definition) is 0. The van der Waals surface area contributed by atoms with Crippen molar-refractivity contribution in [2.24, 2.45) is 12.5 Å². The van der Waals surface area contributed by atoms with Crippen molar-refractivity contribution in [1.82, 2.24) is 4.40 Å². The van der Waals surface area contributed by atoms with Crippen LogP contribution in [-0.4, -0.2) is 4.40 Å². The molecule has 6 aromatic rings. The average molecular weight is 460 g/mol. The van der Waals surface area contributed by atoms with Gasteiger partial charge in [-0.1, -0.05) is 38.1 Å². The van der Waals surface area contributed by atoms with E-state index in [1.165, 1.54) is 96.9 Å². The molecular weight excluding hydrogens is 424 g/mol. The molecule has 1 saturated carbocycles. The minimum absolute atomic E-state index is 0.483. The first-order chi connectivity index (χ1) is 16.8. The highest BCUT2D eigenvalue weighted by atomic mass is 15.0. The van der Waals surface area contributed by atoms with Crippen molar-refractivity contribution < 1.29 is 4.57 Å². The second kappa shape index (κ2) is 6.97. The summed E-state index contributed by atoms with van der Waals surface area (Å²) in [5.41, 5.74) is 11.7. The van der Waals surface area contributed by atoms with Crippen LogP contribution in [0, 0.1) is 26.2 Å². The number of rotatable bonds is 1. The Morgan fingerprint density at radius 1 is 0.829 bits per heavy atom. The average Bonchev–Trinajstić information content (AvgIpc) is 3.19. The van der Waals surface area contributed by atoms with Crippen molar-refractivity contribution in [3.8, 4) is 0 Å². The first-order valence-electron chi connectivity index (χ1n) is 13.3. The molecule has 3 aromatic carbocycles. The van der Waals surface area contributed by atoms with Crippen LogP contribution >= 0.6 is 0 Å². The maximum atomic E-state index is 2.60. The lowest BCUT2D eigenvalue weighted by Crippen LogP contribution is -2.29. The maximum Gasteiger partial charge on any atom is 0.224 e. The Morgan fingerprint density at radius 3 is 2.31 bits per heavy atom. The second-order valence-electron chi connectivity index (χ2n) is 12.0. The van der Waals surface area contributed by atoms with Gasteiger partial charge >= 0.3 is 0 Å². The lowest BCUT2D eigenvalue weighted by molar-refractivity contribution is -0.643. The summed E-state index contributed by atoms with van der Waals surface area (Å²) >= 11 is 0. The van der Waals surface area contributed by atoms with Gasteiger partial charge in [-0.15, -0.1) is 0 Å². The first-order valence-corrected chi connectivity index (χ1v) is 13.3. The summed E-state index contributed by atoms with van der Waals surface area (Å²) in [4.78, 5) is 0. The number of aryl methyl sites for hydroxylation is 3. The Kier molecular flexibility index (Phi) is 4.22. The third-order valence-electron chi connectivity index (χ3n) is 9.51. The zero-order valence-corrected chi connectivity index (χ0v) is 21.9. The number of hydrogen-bond donors (Lipinski definition) is 0. The van der Waals surface area contributed by atoms with Crippen molar-refractivity contribution >= 4 is 49.0 Å². The van der Waals surface area contributed by atoms with E-state index in [4.69, 9.17) is 0 Å². The van der Waals surface area contributed by atoms with Crippen LogP contribution in [0.5, 0.6) is 0 Å². The minimum atomic E-state index is 0.483. The molecule has 0 aliphatic heterocycles. The molecule has 0 unspecified atom stereocenters. The predicted molar refractivity (Wildman–Crippen MR) is 149 cm³/mol. The number of aromatic nitrogens is 2. The number of pyridine rings is 2. The molecular formula is C33H35N2+. The monoisotopic (exact) mass is 459 g/mol. The van der Waals surface area contributed by atoms with Gasteiger partial charge in [0.15, 0.2) is 6.20 Å². The molecule has 2 nitrogen and oxygen atoms in total. The van der Waals surface area contributed by atoms with Crippen LogP contribution in [0.25, 0.3) is 49.0 Å². The van der Waals surface area contributed by atoms with Gasteiger partial charge in [-0.2, -0.15) is 0 Å². The number of fused-ring (bicyclic) bond motifs is 5. The third-order valence-corrected chi connectivity index (χ3v) is 9.51. The van der Waals surface area contributed by atoms with Crippen LogP contribution in [0.2, 0.25) is 0 Å². The molecule has 0 spiro atoms. The lowest BCUT2D eigenvalue weighted by Gasteiger charge is -2.34. The van der Waals surface area contributed by atoms with Crippen LogP contribution in [0.1, 0.15) is 67.7 Å². The molecule has 0 N–H and O–H groups in total. The van der Waals surface area contributed by atoms with Crippen molar-refractivity contribution in [3.63, 3.8) is 0 Å². The number of para-hydroxylation sites is 1. The third kappa shape index (κ3) is 2.74. The van der Waals surface area contributed by atoms with Gasteiger partial charge in [-0.25, -0.2) is 4.57 Å². The molecule has 0 radical (unpaired) electrons. The molecule has 0 atom stereocenters. The molecule has 2 heteroatoms. The fourth-order valence-corrected chi connectivity index (χ4v) is 7.18. The Labute approximate surface area is 207 Å². The van der Waals surface area contributed by atoms with E-state index in [2.05, 4.69) is 99.3 Å². The Bertz CT molecular complexity index is 1800. The van der Waals surface area contributed by atoms with Crippen molar-refractivity contribution in [1.29, 1.82) is 0 Å². The summed E-state index contributed by atoms with van der Waals surface area (Å²) in [6.45, 7) is 11.8. The van der Waals surface area contributed by atoms with E-state index in [0.717, 1.165) is 0 Å². The van der Waals surface area contributed by atoms with E-state index in [1.54, 1.807) is 0 Å². The summed E-state index contributed by atoms with van der Waals surface area (Å²) in [6, 6.07) is 16.4. The van der Waals surface area contributed by atoms with E-state index in [-0.39, 0.29) is 0 Å². The molecule has 1 fully saturated rings. The van der Waals surface area contributed by atoms with Crippen LogP contribution in [-0.2, 0) is 7.05 Å². The topological polar surface area (TPSA) is 8.29 Å². The summed E-state index contributed by atoms with van der Waals surface area (Å²) in [7, 11) is 2.22. The van der Waals surface area contributed by atoms with E-state index >= 15 is 0 Å². The fraction of sp³-hybridized carbons (Fsp3) is 0.364. The maximum absolute atomic E-state index is 2.60. The molecule has 3 heterocycles. The van der Waals surface area contributed by atoms with Gasteiger partial charge in [0.25, 0.3) is 0 Å². The molecule has 3 aromatic heterocycles. The van der Waals surface area contributed by atoms with Gasteiger partial charge in [0, 0.05) is 16.8 Å². The highest BCUT2D eigenvalue weighted by Gasteiger charge is 2.30. The highest BCUT2D eigenvalue weighted by molar-refractivity contribution is 6.26. The molecule has 7 rings (SSSR count). The molecule has 0 bridgehead atoms. The number of benzene rings is 3. The van der Waals surface area contributed by atoms with Crippen molar-refractivity contribution in [3.05, 3.63) is 70.9 Å². The lowest BCUT2D eigenvalue weighted by atomic mass is 9.71. The van der Waals surface area contributed by atoms with Crippen molar-refractivity contribution in [2.45, 2.75) is 66.2 Å². The Hall–Kier alpha value is -3.13. The molecule has 176 valence electrons. The zero-order chi connectivity index (χ0) is 24.2. The van der Waals surface area contributed by atoms with Crippen LogP contribution in [0.4, 0.5) is 0 Å².